The first-order chi connectivity index (χ1) is 9.15. The second-order valence-electron chi connectivity index (χ2n) is 4.61. The van der Waals surface area contributed by atoms with Crippen LogP contribution >= 0.6 is 23.2 Å². The lowest BCUT2D eigenvalue weighted by atomic mass is 10.1. The monoisotopic (exact) mass is 293 g/mol. The largest absolute Gasteiger partial charge is 0.481 e. The maximum atomic E-state index is 6.08. The minimum atomic E-state index is -0.0524. The molecule has 19 heavy (non-hydrogen) atoms. The first-order valence-corrected chi connectivity index (χ1v) is 6.86. The molecule has 1 atom stereocenters. The van der Waals surface area contributed by atoms with Crippen LogP contribution in [0.3, 0.4) is 0 Å². The van der Waals surface area contributed by atoms with Crippen LogP contribution in [0.15, 0.2) is 36.4 Å². The Hall–Kier alpha value is -1.38. The summed E-state index contributed by atoms with van der Waals surface area (Å²) in [6.45, 7) is 2.76. The van der Waals surface area contributed by atoms with Gasteiger partial charge in [-0.1, -0.05) is 41.4 Å². The van der Waals surface area contributed by atoms with E-state index < -0.39 is 0 Å². The number of benzene rings is 2. The van der Waals surface area contributed by atoms with E-state index >= 15 is 0 Å². The Kier molecular flexibility index (Phi) is 3.29. The quantitative estimate of drug-likeness (QED) is 0.812. The maximum Gasteiger partial charge on any atom is 0.146 e. The molecular weight excluding hydrogens is 281 g/mol. The van der Waals surface area contributed by atoms with Crippen molar-refractivity contribution in [1.82, 2.24) is 0 Å². The lowest BCUT2D eigenvalue weighted by Crippen LogP contribution is -2.24. The van der Waals surface area contributed by atoms with E-state index in [2.05, 4.69) is 5.32 Å². The van der Waals surface area contributed by atoms with Crippen LogP contribution in [0.4, 0.5) is 5.69 Å². The fourth-order valence-corrected chi connectivity index (χ4v) is 2.54. The minimum absolute atomic E-state index is 0.0524. The average Bonchev–Trinajstić information content (AvgIpc) is 2.42. The van der Waals surface area contributed by atoms with Crippen molar-refractivity contribution >= 4 is 28.9 Å². The Morgan fingerprint density at radius 1 is 1.16 bits per heavy atom. The van der Waals surface area contributed by atoms with Gasteiger partial charge in [-0.05, 0) is 36.2 Å². The molecule has 1 heterocycles. The number of hydrogen-bond donors (Lipinski definition) is 1. The van der Waals surface area contributed by atoms with Gasteiger partial charge >= 0.3 is 0 Å². The molecule has 2 nitrogen and oxygen atoms in total. The highest BCUT2D eigenvalue weighted by atomic mass is 35.5. The third-order valence-corrected chi connectivity index (χ3v) is 4.00. The molecule has 4 heteroatoms. The van der Waals surface area contributed by atoms with E-state index in [1.807, 2.05) is 37.3 Å². The minimum Gasteiger partial charge on any atom is -0.481 e. The molecule has 3 rings (SSSR count). The maximum absolute atomic E-state index is 6.08. The van der Waals surface area contributed by atoms with Gasteiger partial charge in [0.25, 0.3) is 0 Å². The molecule has 0 radical (unpaired) electrons. The van der Waals surface area contributed by atoms with Gasteiger partial charge in [0.1, 0.15) is 11.9 Å². The predicted octanol–water partition coefficient (Wildman–Crippen LogP) is 4.85. The molecule has 1 unspecified atom stereocenters. The summed E-state index contributed by atoms with van der Waals surface area (Å²) < 4.78 is 6.08. The van der Waals surface area contributed by atoms with E-state index in [1.54, 1.807) is 6.07 Å². The Bertz CT molecular complexity index is 628. The zero-order valence-corrected chi connectivity index (χ0v) is 11.9. The van der Waals surface area contributed by atoms with Crippen LogP contribution in [-0.2, 0) is 0 Å². The van der Waals surface area contributed by atoms with Crippen molar-refractivity contribution in [2.45, 2.75) is 13.0 Å². The standard InChI is InChI=1S/C15H13Cl2NO/c1-9-3-2-4-13-15(9)19-14(8-18-13)10-5-6-11(16)12(17)7-10/h2-7,14,18H,8H2,1H3. The molecule has 1 aliphatic rings. The number of rotatable bonds is 1. The summed E-state index contributed by atoms with van der Waals surface area (Å²) in [6, 6.07) is 11.7. The second kappa shape index (κ2) is 4.95. The molecule has 0 aromatic heterocycles. The van der Waals surface area contributed by atoms with Gasteiger partial charge in [-0.3, -0.25) is 0 Å². The summed E-state index contributed by atoms with van der Waals surface area (Å²) >= 11 is 12.0. The Labute approximate surface area is 122 Å². The summed E-state index contributed by atoms with van der Waals surface area (Å²) in [5, 5.41) is 4.50. The lowest BCUT2D eigenvalue weighted by molar-refractivity contribution is 0.209. The van der Waals surface area contributed by atoms with Gasteiger partial charge in [-0.25, -0.2) is 0 Å². The SMILES string of the molecule is Cc1cccc2c1OC(c1ccc(Cl)c(Cl)c1)CN2. The van der Waals surface area contributed by atoms with E-state index in [0.717, 1.165) is 22.6 Å². The van der Waals surface area contributed by atoms with Gasteiger partial charge in [0.05, 0.1) is 22.3 Å². The molecule has 0 amide bonds. The molecule has 0 aliphatic carbocycles. The summed E-state index contributed by atoms with van der Waals surface area (Å²) in [7, 11) is 0. The van der Waals surface area contributed by atoms with E-state index in [1.165, 1.54) is 0 Å². The van der Waals surface area contributed by atoms with E-state index in [0.29, 0.717) is 16.6 Å². The highest BCUT2D eigenvalue weighted by Gasteiger charge is 2.22. The van der Waals surface area contributed by atoms with Crippen molar-refractivity contribution in [2.24, 2.45) is 0 Å². The number of anilines is 1. The van der Waals surface area contributed by atoms with Gasteiger partial charge in [0.2, 0.25) is 0 Å². The van der Waals surface area contributed by atoms with Gasteiger partial charge in [0, 0.05) is 0 Å². The Balaban J connectivity index is 1.93. The third kappa shape index (κ3) is 2.38. The molecule has 0 saturated heterocycles. The number of fused-ring (bicyclic) bond motifs is 1. The molecule has 0 bridgehead atoms. The molecule has 2 aromatic carbocycles. The van der Waals surface area contributed by atoms with Crippen molar-refractivity contribution in [3.63, 3.8) is 0 Å². The summed E-state index contributed by atoms with van der Waals surface area (Å²) in [5.41, 5.74) is 3.18. The summed E-state index contributed by atoms with van der Waals surface area (Å²) in [5.74, 6) is 0.907. The van der Waals surface area contributed by atoms with Crippen molar-refractivity contribution in [3.8, 4) is 5.75 Å². The van der Waals surface area contributed by atoms with Crippen LogP contribution in [0.5, 0.6) is 5.75 Å². The third-order valence-electron chi connectivity index (χ3n) is 3.27. The number of halogens is 2. The van der Waals surface area contributed by atoms with Gasteiger partial charge in [0.15, 0.2) is 0 Å². The predicted molar refractivity (Wildman–Crippen MR) is 79.5 cm³/mol. The fourth-order valence-electron chi connectivity index (χ4n) is 2.23. The number of hydrogen-bond acceptors (Lipinski definition) is 2. The normalized spacial score (nSPS) is 17.3. The number of aryl methyl sites for hydroxylation is 1. The van der Waals surface area contributed by atoms with Crippen LogP contribution in [0, 0.1) is 6.92 Å². The lowest BCUT2D eigenvalue weighted by Gasteiger charge is -2.29. The smallest absolute Gasteiger partial charge is 0.146 e. The van der Waals surface area contributed by atoms with Gasteiger partial charge < -0.3 is 10.1 Å². The van der Waals surface area contributed by atoms with E-state index in [-0.39, 0.29) is 6.10 Å². The summed E-state index contributed by atoms with van der Waals surface area (Å²) in [6.07, 6.45) is -0.0524. The molecule has 1 aliphatic heterocycles. The van der Waals surface area contributed by atoms with Crippen molar-refractivity contribution in [3.05, 3.63) is 57.6 Å². The molecule has 0 spiro atoms. The molecule has 0 fully saturated rings. The molecule has 98 valence electrons. The molecular formula is C15H13Cl2NO. The average molecular weight is 294 g/mol. The number of para-hydroxylation sites is 1. The van der Waals surface area contributed by atoms with Crippen LogP contribution in [0.2, 0.25) is 10.0 Å². The zero-order valence-electron chi connectivity index (χ0n) is 10.4. The molecule has 0 saturated carbocycles. The van der Waals surface area contributed by atoms with Gasteiger partial charge in [-0.2, -0.15) is 0 Å². The van der Waals surface area contributed by atoms with Crippen LogP contribution in [0.1, 0.15) is 17.2 Å². The highest BCUT2D eigenvalue weighted by Crippen LogP contribution is 2.37. The van der Waals surface area contributed by atoms with Crippen molar-refractivity contribution in [1.29, 1.82) is 0 Å². The van der Waals surface area contributed by atoms with Crippen molar-refractivity contribution in [2.75, 3.05) is 11.9 Å². The Morgan fingerprint density at radius 3 is 2.79 bits per heavy atom. The van der Waals surface area contributed by atoms with Gasteiger partial charge in [-0.15, -0.1) is 0 Å². The first kappa shape index (κ1) is 12.6. The van der Waals surface area contributed by atoms with E-state index in [4.69, 9.17) is 27.9 Å². The fraction of sp³-hybridized carbons (Fsp3) is 0.200. The summed E-state index contributed by atoms with van der Waals surface area (Å²) in [4.78, 5) is 0. The number of nitrogens with one attached hydrogen (secondary N) is 1. The van der Waals surface area contributed by atoms with Crippen LogP contribution in [0.25, 0.3) is 0 Å². The number of ether oxygens (including phenoxy) is 1. The van der Waals surface area contributed by atoms with Crippen LogP contribution < -0.4 is 10.1 Å². The molecule has 2 aromatic rings. The van der Waals surface area contributed by atoms with E-state index in [9.17, 15) is 0 Å². The zero-order chi connectivity index (χ0) is 13.4. The topological polar surface area (TPSA) is 21.3 Å². The van der Waals surface area contributed by atoms with Crippen LogP contribution in [-0.4, -0.2) is 6.54 Å². The Morgan fingerprint density at radius 2 is 2.00 bits per heavy atom. The first-order valence-electron chi connectivity index (χ1n) is 6.10. The highest BCUT2D eigenvalue weighted by molar-refractivity contribution is 6.42. The van der Waals surface area contributed by atoms with Crippen molar-refractivity contribution < 1.29 is 4.74 Å². The molecule has 1 N–H and O–H groups in total. The second-order valence-corrected chi connectivity index (χ2v) is 5.43.